The molecule has 0 aromatic heterocycles. The molecule has 0 fully saturated rings. The zero-order valence-corrected chi connectivity index (χ0v) is 9.23. The number of hydrogen-bond donors (Lipinski definition) is 0. The SMILES string of the molecule is C=CC(=O)OCCCSCC(C)C. The third-order valence-corrected chi connectivity index (χ3v) is 2.77. The molecule has 0 unspecified atom stereocenters. The molecular formula is C10H18O2S. The highest BCUT2D eigenvalue weighted by Gasteiger charge is 1.96. The van der Waals surface area contributed by atoms with Crippen molar-refractivity contribution < 1.29 is 9.53 Å². The van der Waals surface area contributed by atoms with Crippen LogP contribution in [0.2, 0.25) is 0 Å². The van der Waals surface area contributed by atoms with E-state index in [1.165, 1.54) is 11.8 Å². The van der Waals surface area contributed by atoms with Crippen LogP contribution < -0.4 is 0 Å². The molecule has 0 atom stereocenters. The first kappa shape index (κ1) is 12.6. The molecule has 0 amide bonds. The minimum Gasteiger partial charge on any atom is -0.463 e. The van der Waals surface area contributed by atoms with Gasteiger partial charge in [0.25, 0.3) is 0 Å². The third-order valence-electron chi connectivity index (χ3n) is 1.30. The Kier molecular flexibility index (Phi) is 7.90. The smallest absolute Gasteiger partial charge is 0.330 e. The maximum absolute atomic E-state index is 10.6. The molecule has 0 spiro atoms. The summed E-state index contributed by atoms with van der Waals surface area (Å²) < 4.78 is 4.83. The minimum absolute atomic E-state index is 0.325. The number of rotatable bonds is 7. The molecule has 0 saturated carbocycles. The highest BCUT2D eigenvalue weighted by atomic mass is 32.2. The standard InChI is InChI=1S/C10H18O2S/c1-4-10(11)12-6-5-7-13-8-9(2)3/h4,9H,1,5-8H2,2-3H3. The van der Waals surface area contributed by atoms with Gasteiger partial charge in [-0.15, -0.1) is 0 Å². The van der Waals surface area contributed by atoms with Gasteiger partial charge in [0.2, 0.25) is 0 Å². The summed E-state index contributed by atoms with van der Waals surface area (Å²) in [5, 5.41) is 0. The third kappa shape index (κ3) is 9.47. The van der Waals surface area contributed by atoms with Crippen molar-refractivity contribution in [3.8, 4) is 0 Å². The lowest BCUT2D eigenvalue weighted by Gasteiger charge is -2.04. The second kappa shape index (κ2) is 8.17. The highest BCUT2D eigenvalue weighted by molar-refractivity contribution is 7.99. The number of carbonyl (C=O) groups is 1. The zero-order valence-electron chi connectivity index (χ0n) is 8.41. The first-order valence-corrected chi connectivity index (χ1v) is 5.69. The molecule has 0 aromatic carbocycles. The predicted octanol–water partition coefficient (Wildman–Crippen LogP) is 2.49. The van der Waals surface area contributed by atoms with Crippen LogP contribution in [0.3, 0.4) is 0 Å². The number of esters is 1. The second-order valence-corrected chi connectivity index (χ2v) is 4.34. The molecule has 3 heteroatoms. The van der Waals surface area contributed by atoms with E-state index in [1.54, 1.807) is 0 Å². The Balaban J connectivity index is 3.08. The van der Waals surface area contributed by atoms with Crippen molar-refractivity contribution in [1.29, 1.82) is 0 Å². The maximum atomic E-state index is 10.6. The van der Waals surface area contributed by atoms with Crippen LogP contribution in [0.25, 0.3) is 0 Å². The van der Waals surface area contributed by atoms with Gasteiger partial charge in [-0.25, -0.2) is 4.79 Å². The van der Waals surface area contributed by atoms with E-state index >= 15 is 0 Å². The topological polar surface area (TPSA) is 26.3 Å². The average Bonchev–Trinajstić information content (AvgIpc) is 2.10. The van der Waals surface area contributed by atoms with Gasteiger partial charge in [-0.1, -0.05) is 20.4 Å². The van der Waals surface area contributed by atoms with Crippen molar-refractivity contribution in [2.75, 3.05) is 18.1 Å². The summed E-state index contributed by atoms with van der Waals surface area (Å²) in [5.41, 5.74) is 0. The molecule has 0 N–H and O–H groups in total. The highest BCUT2D eigenvalue weighted by Crippen LogP contribution is 2.08. The lowest BCUT2D eigenvalue weighted by atomic mass is 10.3. The summed E-state index contributed by atoms with van der Waals surface area (Å²) >= 11 is 1.90. The van der Waals surface area contributed by atoms with Crippen LogP contribution in [0.1, 0.15) is 20.3 Å². The largest absolute Gasteiger partial charge is 0.463 e. The van der Waals surface area contributed by atoms with Gasteiger partial charge in [-0.05, 0) is 23.8 Å². The van der Waals surface area contributed by atoms with Crippen LogP contribution in [0.4, 0.5) is 0 Å². The van der Waals surface area contributed by atoms with Crippen LogP contribution in [-0.2, 0) is 9.53 Å². The van der Waals surface area contributed by atoms with Gasteiger partial charge in [0.1, 0.15) is 0 Å². The van der Waals surface area contributed by atoms with Crippen molar-refractivity contribution in [1.82, 2.24) is 0 Å². The van der Waals surface area contributed by atoms with Gasteiger partial charge in [0, 0.05) is 6.08 Å². The van der Waals surface area contributed by atoms with E-state index in [1.807, 2.05) is 11.8 Å². The Bertz CT molecular complexity index is 155. The molecule has 0 aliphatic rings. The number of ether oxygens (including phenoxy) is 1. The fourth-order valence-corrected chi connectivity index (χ4v) is 1.67. The molecule has 0 aromatic rings. The van der Waals surface area contributed by atoms with Crippen LogP contribution in [0, 0.1) is 5.92 Å². The first-order chi connectivity index (χ1) is 6.16. The van der Waals surface area contributed by atoms with E-state index in [0.717, 1.165) is 18.1 Å². The summed E-state index contributed by atoms with van der Waals surface area (Å²) in [4.78, 5) is 10.6. The van der Waals surface area contributed by atoms with E-state index in [2.05, 4.69) is 20.4 Å². The summed E-state index contributed by atoms with van der Waals surface area (Å²) in [7, 11) is 0. The molecule has 0 bridgehead atoms. The molecule has 0 saturated heterocycles. The molecule has 0 aliphatic heterocycles. The Morgan fingerprint density at radius 2 is 2.31 bits per heavy atom. The molecule has 0 radical (unpaired) electrons. The normalized spacial score (nSPS) is 10.1. The van der Waals surface area contributed by atoms with Gasteiger partial charge in [-0.2, -0.15) is 11.8 Å². The number of carbonyl (C=O) groups excluding carboxylic acids is 1. The summed E-state index contributed by atoms with van der Waals surface area (Å²) in [5.74, 6) is 2.65. The van der Waals surface area contributed by atoms with Gasteiger partial charge in [0.15, 0.2) is 0 Å². The molecule has 0 heterocycles. The van der Waals surface area contributed by atoms with Crippen molar-refractivity contribution in [2.24, 2.45) is 5.92 Å². The molecule has 0 aliphatic carbocycles. The molecule has 76 valence electrons. The maximum Gasteiger partial charge on any atom is 0.330 e. The van der Waals surface area contributed by atoms with Crippen molar-refractivity contribution in [2.45, 2.75) is 20.3 Å². The van der Waals surface area contributed by atoms with Gasteiger partial charge in [-0.3, -0.25) is 0 Å². The van der Waals surface area contributed by atoms with E-state index < -0.39 is 0 Å². The predicted molar refractivity (Wildman–Crippen MR) is 57.9 cm³/mol. The first-order valence-electron chi connectivity index (χ1n) is 4.53. The number of hydrogen-bond acceptors (Lipinski definition) is 3. The zero-order chi connectivity index (χ0) is 10.1. The van der Waals surface area contributed by atoms with Crippen molar-refractivity contribution in [3.05, 3.63) is 12.7 Å². The average molecular weight is 202 g/mol. The minimum atomic E-state index is -0.325. The van der Waals surface area contributed by atoms with Crippen molar-refractivity contribution in [3.63, 3.8) is 0 Å². The molecular weight excluding hydrogens is 184 g/mol. The van der Waals surface area contributed by atoms with Crippen LogP contribution in [0.15, 0.2) is 12.7 Å². The lowest BCUT2D eigenvalue weighted by molar-refractivity contribution is -0.137. The summed E-state index contributed by atoms with van der Waals surface area (Å²) in [6.45, 7) is 8.23. The summed E-state index contributed by atoms with van der Waals surface area (Å²) in [6, 6.07) is 0. The monoisotopic (exact) mass is 202 g/mol. The Morgan fingerprint density at radius 1 is 1.62 bits per heavy atom. The quantitative estimate of drug-likeness (QED) is 0.360. The Morgan fingerprint density at radius 3 is 2.85 bits per heavy atom. The van der Waals surface area contributed by atoms with E-state index in [-0.39, 0.29) is 5.97 Å². The molecule has 13 heavy (non-hydrogen) atoms. The second-order valence-electron chi connectivity index (χ2n) is 3.19. The molecule has 2 nitrogen and oxygen atoms in total. The van der Waals surface area contributed by atoms with Gasteiger partial charge in [0.05, 0.1) is 6.61 Å². The Labute approximate surface area is 84.7 Å². The number of thioether (sulfide) groups is 1. The van der Waals surface area contributed by atoms with Crippen LogP contribution in [-0.4, -0.2) is 24.1 Å². The summed E-state index contributed by atoms with van der Waals surface area (Å²) in [6.07, 6.45) is 2.12. The van der Waals surface area contributed by atoms with Gasteiger partial charge < -0.3 is 4.74 Å². The fraction of sp³-hybridized carbons (Fsp3) is 0.700. The van der Waals surface area contributed by atoms with E-state index in [9.17, 15) is 4.79 Å². The van der Waals surface area contributed by atoms with Gasteiger partial charge >= 0.3 is 5.97 Å². The fourth-order valence-electron chi connectivity index (χ4n) is 0.712. The Hall–Kier alpha value is -0.440. The lowest BCUT2D eigenvalue weighted by Crippen LogP contribution is -2.03. The van der Waals surface area contributed by atoms with E-state index in [4.69, 9.17) is 4.74 Å². The molecule has 0 rings (SSSR count). The van der Waals surface area contributed by atoms with Crippen LogP contribution >= 0.6 is 11.8 Å². The van der Waals surface area contributed by atoms with Crippen LogP contribution in [0.5, 0.6) is 0 Å². The van der Waals surface area contributed by atoms with E-state index in [0.29, 0.717) is 6.61 Å². The van der Waals surface area contributed by atoms with Crippen molar-refractivity contribution >= 4 is 17.7 Å².